The van der Waals surface area contributed by atoms with Gasteiger partial charge in [-0.15, -0.1) is 0 Å². The number of nitrogens with two attached hydrogens (primary N) is 1. The Hall–Kier alpha value is -2.76. The first-order chi connectivity index (χ1) is 23.1. The van der Waals surface area contributed by atoms with E-state index in [9.17, 15) is 14.7 Å². The zero-order valence-electron chi connectivity index (χ0n) is 29.8. The van der Waals surface area contributed by atoms with Gasteiger partial charge in [-0.05, 0) is 85.4 Å². The average Bonchev–Trinajstić information content (AvgIpc) is 3.25. The largest absolute Gasteiger partial charge is 0.491 e. The Morgan fingerprint density at radius 1 is 1.27 bits per heavy atom. The number of hydrogen-bond donors (Lipinski definition) is 3. The fraction of sp³-hybridized carbons (Fsp3) is 0.568. The van der Waals surface area contributed by atoms with Gasteiger partial charge in [0.25, 0.3) is 0 Å². The van der Waals surface area contributed by atoms with Gasteiger partial charge in [0.1, 0.15) is 5.75 Å². The van der Waals surface area contributed by atoms with Gasteiger partial charge in [0, 0.05) is 63.8 Å². The maximum atomic E-state index is 11.5. The van der Waals surface area contributed by atoms with E-state index in [-0.39, 0.29) is 17.9 Å². The molecule has 2 aliphatic rings. The third-order valence-electron chi connectivity index (χ3n) is 8.99. The molecule has 4 N–H and O–H groups in total. The Kier molecular flexibility index (Phi) is 19.0. The second-order valence-corrected chi connectivity index (χ2v) is 13.0. The van der Waals surface area contributed by atoms with Crippen molar-refractivity contribution in [1.82, 2.24) is 9.62 Å². The van der Waals surface area contributed by atoms with E-state index in [0.29, 0.717) is 31.4 Å². The van der Waals surface area contributed by atoms with Crippen LogP contribution in [0.5, 0.6) is 5.75 Å². The number of rotatable bonds is 14. The number of benzene rings is 2. The molecule has 0 bridgehead atoms. The number of aliphatic hydroxyl groups excluding tert-OH is 1. The summed E-state index contributed by atoms with van der Waals surface area (Å²) in [6.07, 6.45) is 9.50. The lowest BCUT2D eigenvalue weighted by atomic mass is 9.70. The van der Waals surface area contributed by atoms with Gasteiger partial charge >= 0.3 is 0 Å². The van der Waals surface area contributed by atoms with Gasteiger partial charge in [-0.25, -0.2) is 0 Å². The number of halogens is 1. The second kappa shape index (κ2) is 22.1. The third-order valence-corrected chi connectivity index (χ3v) is 9.45. The standard InChI is InChI=1S/C34H47ClN2O4.C2H6.CH4N2OS/c1-6-9-26-18-29(35)13-15-30(26)28-21-37(32-19-25(23(2)38)12-16-34(32)41-22-28)20-27-11-14-31(27)33(40-5)10-7-8-17-36(4)24(3)39;1-2;2-5-3-1-4/h7,10,12-13,15-16,18-19,23,27-28,31,33,38H,6,8-9,11,14,17,20-22H2,1-5H3;1-2H3;1H,2H2,(H,3,4)/b10-7+;;. The zero-order valence-corrected chi connectivity index (χ0v) is 31.4. The molecule has 48 heavy (non-hydrogen) atoms. The molecule has 2 aromatic carbocycles. The molecule has 9 nitrogen and oxygen atoms in total. The van der Waals surface area contributed by atoms with Crippen LogP contribution in [0.1, 0.15) is 89.0 Å². The van der Waals surface area contributed by atoms with Crippen molar-refractivity contribution in [1.29, 1.82) is 0 Å². The molecule has 1 fully saturated rings. The van der Waals surface area contributed by atoms with E-state index in [0.717, 1.165) is 79.4 Å². The number of ether oxygens (including phenoxy) is 2. The Balaban J connectivity index is 0.00000105. The summed E-state index contributed by atoms with van der Waals surface area (Å²) in [7, 11) is 3.63. The predicted octanol–water partition coefficient (Wildman–Crippen LogP) is 7.07. The lowest BCUT2D eigenvalue weighted by molar-refractivity contribution is -0.127. The Morgan fingerprint density at radius 3 is 2.58 bits per heavy atom. The average molecular weight is 705 g/mol. The fourth-order valence-corrected chi connectivity index (χ4v) is 6.46. The minimum absolute atomic E-state index is 0.0473. The van der Waals surface area contributed by atoms with Crippen molar-refractivity contribution in [3.05, 3.63) is 70.3 Å². The van der Waals surface area contributed by atoms with E-state index in [1.54, 1.807) is 18.9 Å². The van der Waals surface area contributed by atoms with E-state index in [1.165, 1.54) is 11.1 Å². The van der Waals surface area contributed by atoms with E-state index in [2.05, 4.69) is 46.9 Å². The molecule has 0 saturated heterocycles. The SMILES string of the molecule is CC.CCCc1cc(Cl)ccc1C1COc2ccc(C(C)O)cc2N(CC2CCC2C(/C=C/CCN(C)C(C)=O)OC)C1.NSNC=O. The summed E-state index contributed by atoms with van der Waals surface area (Å²) in [5, 5.41) is 15.9. The number of carbonyl (C=O) groups is 2. The lowest BCUT2D eigenvalue weighted by Gasteiger charge is -2.43. The molecular formula is C37H57ClN4O5S. The van der Waals surface area contributed by atoms with Crippen LogP contribution in [0.15, 0.2) is 48.6 Å². The van der Waals surface area contributed by atoms with Crippen LogP contribution in [0.4, 0.5) is 5.69 Å². The van der Waals surface area contributed by atoms with Crippen LogP contribution < -0.4 is 19.5 Å². The first-order valence-corrected chi connectivity index (χ1v) is 18.3. The van der Waals surface area contributed by atoms with Gasteiger partial charge in [0.15, 0.2) is 0 Å². The van der Waals surface area contributed by atoms with Crippen LogP contribution in [0.3, 0.4) is 0 Å². The number of nitrogens with zero attached hydrogens (tertiary/aromatic N) is 2. The van der Waals surface area contributed by atoms with Crippen LogP contribution in [0.2, 0.25) is 5.02 Å². The highest BCUT2D eigenvalue weighted by Gasteiger charge is 2.38. The smallest absolute Gasteiger partial charge is 0.219 e. The molecule has 2 aromatic rings. The molecule has 2 amide bonds. The summed E-state index contributed by atoms with van der Waals surface area (Å²) < 4.78 is 14.5. The molecule has 1 saturated carbocycles. The maximum absolute atomic E-state index is 11.5. The fourth-order valence-electron chi connectivity index (χ4n) is 6.21. The monoisotopic (exact) mass is 704 g/mol. The number of methoxy groups -OCH3 is 1. The number of carbonyl (C=O) groups excluding carboxylic acids is 2. The van der Waals surface area contributed by atoms with Crippen molar-refractivity contribution in [3.8, 4) is 5.75 Å². The molecule has 5 unspecified atom stereocenters. The summed E-state index contributed by atoms with van der Waals surface area (Å²) in [5.41, 5.74) is 4.56. The summed E-state index contributed by atoms with van der Waals surface area (Å²) in [6, 6.07) is 12.4. The van der Waals surface area contributed by atoms with Crippen LogP contribution >= 0.6 is 23.7 Å². The number of aryl methyl sites for hydroxylation is 1. The quantitative estimate of drug-likeness (QED) is 0.109. The number of hydrogen-bond acceptors (Lipinski definition) is 8. The van der Waals surface area contributed by atoms with E-state index in [4.69, 9.17) is 26.2 Å². The summed E-state index contributed by atoms with van der Waals surface area (Å²) in [4.78, 5) is 24.9. The molecule has 1 heterocycles. The maximum Gasteiger partial charge on any atom is 0.219 e. The highest BCUT2D eigenvalue weighted by atomic mass is 35.5. The highest BCUT2D eigenvalue weighted by Crippen LogP contribution is 2.43. The highest BCUT2D eigenvalue weighted by molar-refractivity contribution is 7.95. The molecule has 5 atom stereocenters. The second-order valence-electron chi connectivity index (χ2n) is 12.1. The summed E-state index contributed by atoms with van der Waals surface area (Å²) in [6.45, 7) is 12.6. The minimum atomic E-state index is -0.546. The molecular weight excluding hydrogens is 648 g/mol. The molecule has 1 aliphatic carbocycles. The number of nitrogens with one attached hydrogen (secondary N) is 1. The van der Waals surface area contributed by atoms with Gasteiger partial charge < -0.3 is 24.4 Å². The van der Waals surface area contributed by atoms with Crippen LogP contribution in [-0.4, -0.2) is 68.8 Å². The topological polar surface area (TPSA) is 117 Å². The Morgan fingerprint density at radius 2 is 2.02 bits per heavy atom. The van der Waals surface area contributed by atoms with Gasteiger partial charge in [-0.2, -0.15) is 0 Å². The van der Waals surface area contributed by atoms with Crippen LogP contribution in [0.25, 0.3) is 0 Å². The third kappa shape index (κ3) is 12.3. The molecule has 0 spiro atoms. The number of aliphatic hydroxyl groups is 1. The van der Waals surface area contributed by atoms with E-state index in [1.807, 2.05) is 46.0 Å². The molecule has 1 aliphatic heterocycles. The van der Waals surface area contributed by atoms with Crippen molar-refractivity contribution in [2.75, 3.05) is 45.3 Å². The van der Waals surface area contributed by atoms with Crippen molar-refractivity contribution >= 4 is 41.7 Å². The van der Waals surface area contributed by atoms with Gasteiger partial charge in [-0.3, -0.25) is 19.5 Å². The Bertz CT molecular complexity index is 1300. The first-order valence-electron chi connectivity index (χ1n) is 17.1. The Labute approximate surface area is 297 Å². The molecule has 268 valence electrons. The summed E-state index contributed by atoms with van der Waals surface area (Å²) >= 11 is 7.19. The van der Waals surface area contributed by atoms with Crippen molar-refractivity contribution in [3.63, 3.8) is 0 Å². The van der Waals surface area contributed by atoms with Crippen molar-refractivity contribution in [2.45, 2.75) is 84.8 Å². The number of amides is 2. The van der Waals surface area contributed by atoms with E-state index < -0.39 is 6.10 Å². The number of anilines is 1. The molecule has 4 rings (SSSR count). The van der Waals surface area contributed by atoms with E-state index >= 15 is 0 Å². The lowest BCUT2D eigenvalue weighted by Crippen LogP contribution is -2.44. The molecule has 11 heteroatoms. The van der Waals surface area contributed by atoms with Gasteiger partial charge in [0.05, 0.1) is 24.5 Å². The van der Waals surface area contributed by atoms with Gasteiger partial charge in [0.2, 0.25) is 12.3 Å². The normalized spacial score (nSPS) is 19.5. The number of fused-ring (bicyclic) bond motifs is 1. The summed E-state index contributed by atoms with van der Waals surface area (Å²) in [5.74, 6) is 2.06. The molecule has 0 aromatic heterocycles. The molecule has 0 radical (unpaired) electrons. The first kappa shape index (κ1) is 41.4. The van der Waals surface area contributed by atoms with Gasteiger partial charge in [-0.1, -0.05) is 63.1 Å². The van der Waals surface area contributed by atoms with Crippen molar-refractivity contribution < 1.29 is 24.2 Å². The van der Waals surface area contributed by atoms with Crippen LogP contribution in [0, 0.1) is 11.8 Å². The van der Waals surface area contributed by atoms with Crippen molar-refractivity contribution in [2.24, 2.45) is 17.0 Å². The minimum Gasteiger partial charge on any atom is -0.491 e. The predicted molar refractivity (Wildman–Crippen MR) is 199 cm³/mol. The zero-order chi connectivity index (χ0) is 35.6. The van der Waals surface area contributed by atoms with Crippen LogP contribution in [-0.2, 0) is 20.7 Å².